The van der Waals surface area contributed by atoms with Crippen molar-refractivity contribution in [3.63, 3.8) is 0 Å². The Kier molecular flexibility index (Phi) is 8.34. The van der Waals surface area contributed by atoms with E-state index in [1.807, 2.05) is 30.3 Å². The maximum Gasteiger partial charge on any atom is 0.255 e. The molecule has 0 aliphatic carbocycles. The van der Waals surface area contributed by atoms with Crippen LogP contribution in [-0.4, -0.2) is 26.8 Å². The van der Waals surface area contributed by atoms with Gasteiger partial charge >= 0.3 is 0 Å². The van der Waals surface area contributed by atoms with Gasteiger partial charge in [-0.3, -0.25) is 9.59 Å². The molecule has 0 saturated carbocycles. The lowest BCUT2D eigenvalue weighted by Crippen LogP contribution is -2.25. The lowest BCUT2D eigenvalue weighted by Gasteiger charge is -2.14. The molecule has 5 aromatic rings. The number of hydrogen-bond acceptors (Lipinski definition) is 8. The summed E-state index contributed by atoms with van der Waals surface area (Å²) in [5.74, 6) is -2.25. The van der Waals surface area contributed by atoms with Crippen LogP contribution in [0.5, 0.6) is 0 Å². The monoisotopic (exact) mass is 587 g/mol. The summed E-state index contributed by atoms with van der Waals surface area (Å²) in [6, 6.07) is 14.7. The van der Waals surface area contributed by atoms with E-state index in [4.69, 9.17) is 5.73 Å². The van der Waals surface area contributed by atoms with Crippen LogP contribution in [0.4, 0.5) is 26.1 Å². The van der Waals surface area contributed by atoms with Gasteiger partial charge in [0, 0.05) is 27.6 Å². The average molecular weight is 588 g/mol. The molecule has 12 heteroatoms. The highest BCUT2D eigenvalue weighted by molar-refractivity contribution is 7.15. The molecular formula is C30H27F2N7O2S. The predicted molar refractivity (Wildman–Crippen MR) is 160 cm³/mol. The number of halogens is 2. The number of aromatic nitrogens is 3. The van der Waals surface area contributed by atoms with Crippen molar-refractivity contribution in [3.8, 4) is 10.4 Å². The molecule has 0 aliphatic rings. The molecule has 42 heavy (non-hydrogen) atoms. The molecule has 2 amide bonds. The Bertz CT molecular complexity index is 1790. The molecule has 0 spiro atoms. The highest BCUT2D eigenvalue weighted by Gasteiger charge is 2.17. The zero-order valence-corrected chi connectivity index (χ0v) is 23.6. The minimum atomic E-state index is -1.00. The zero-order chi connectivity index (χ0) is 29.8. The summed E-state index contributed by atoms with van der Waals surface area (Å²) in [6.45, 7) is 3.85. The van der Waals surface area contributed by atoms with Gasteiger partial charge in [0.25, 0.3) is 5.91 Å². The maximum atomic E-state index is 13.6. The number of rotatable bonds is 9. The molecule has 5 rings (SSSR count). The fraction of sp³-hybridized carbons (Fsp3) is 0.167. The van der Waals surface area contributed by atoms with Crippen molar-refractivity contribution in [1.29, 1.82) is 0 Å². The van der Waals surface area contributed by atoms with Crippen LogP contribution in [-0.2, 0) is 17.9 Å². The second-order valence-corrected chi connectivity index (χ2v) is 11.0. The van der Waals surface area contributed by atoms with Gasteiger partial charge in [0.2, 0.25) is 5.91 Å². The van der Waals surface area contributed by atoms with Crippen molar-refractivity contribution in [3.05, 3.63) is 94.8 Å². The summed E-state index contributed by atoms with van der Waals surface area (Å²) >= 11 is 1.56. The Hall–Kier alpha value is -4.97. The number of benzene rings is 2. The predicted octanol–water partition coefficient (Wildman–Crippen LogP) is 5.75. The van der Waals surface area contributed by atoms with E-state index in [0.717, 1.165) is 38.4 Å². The van der Waals surface area contributed by atoms with Gasteiger partial charge in [-0.1, -0.05) is 26.0 Å². The minimum Gasteiger partial charge on any atom is -0.383 e. The first-order valence-electron chi connectivity index (χ1n) is 13.0. The van der Waals surface area contributed by atoms with E-state index < -0.39 is 17.5 Å². The Labute approximate surface area is 244 Å². The smallest absolute Gasteiger partial charge is 0.255 e. The Morgan fingerprint density at radius 1 is 0.952 bits per heavy atom. The second-order valence-electron chi connectivity index (χ2n) is 9.81. The van der Waals surface area contributed by atoms with Gasteiger partial charge in [-0.25, -0.2) is 23.7 Å². The molecule has 0 aliphatic heterocycles. The normalized spacial score (nSPS) is 11.1. The summed E-state index contributed by atoms with van der Waals surface area (Å²) in [6.07, 6.45) is 2.90. The fourth-order valence-corrected chi connectivity index (χ4v) is 5.03. The number of nitrogens with zero attached hydrogens (tertiary/aromatic N) is 3. The number of amides is 2. The van der Waals surface area contributed by atoms with Crippen LogP contribution in [0.25, 0.3) is 21.3 Å². The molecule has 0 unspecified atom stereocenters. The van der Waals surface area contributed by atoms with Crippen LogP contribution in [0, 0.1) is 17.6 Å². The molecule has 0 bridgehead atoms. The van der Waals surface area contributed by atoms with Gasteiger partial charge in [0.1, 0.15) is 18.0 Å². The summed E-state index contributed by atoms with van der Waals surface area (Å²) < 4.78 is 26.9. The number of nitrogens with two attached hydrogens (primary N) is 1. The van der Waals surface area contributed by atoms with Crippen LogP contribution >= 0.6 is 11.3 Å². The highest BCUT2D eigenvalue weighted by Crippen LogP contribution is 2.32. The lowest BCUT2D eigenvalue weighted by molar-refractivity contribution is -0.118. The van der Waals surface area contributed by atoms with Crippen LogP contribution in [0.15, 0.2) is 67.1 Å². The SMILES string of the molecule is CC(C)C(=O)Nc1cnc(NCc2ccc(-c3ccc4ncnc(N)c4c3)s2)c(C(=O)NCc2ccc(F)c(F)c2)c1. The van der Waals surface area contributed by atoms with Crippen molar-refractivity contribution >= 4 is 51.4 Å². The number of thiophene rings is 1. The van der Waals surface area contributed by atoms with Crippen molar-refractivity contribution in [2.75, 3.05) is 16.4 Å². The zero-order valence-electron chi connectivity index (χ0n) is 22.7. The lowest BCUT2D eigenvalue weighted by atomic mass is 10.1. The molecule has 2 aromatic carbocycles. The number of nitrogens with one attached hydrogen (secondary N) is 3. The van der Waals surface area contributed by atoms with Gasteiger partial charge in [-0.15, -0.1) is 11.3 Å². The quantitative estimate of drug-likeness (QED) is 0.172. The van der Waals surface area contributed by atoms with Crippen molar-refractivity contribution < 1.29 is 18.4 Å². The molecule has 0 radical (unpaired) electrons. The number of carbonyl (C=O) groups excluding carboxylic acids is 2. The fourth-order valence-electron chi connectivity index (χ4n) is 4.09. The topological polar surface area (TPSA) is 135 Å². The number of anilines is 3. The van der Waals surface area contributed by atoms with E-state index in [-0.39, 0.29) is 23.9 Å². The van der Waals surface area contributed by atoms with Gasteiger partial charge in [-0.05, 0) is 53.6 Å². The third-order valence-electron chi connectivity index (χ3n) is 6.40. The van der Waals surface area contributed by atoms with E-state index in [1.165, 1.54) is 24.7 Å². The first-order valence-corrected chi connectivity index (χ1v) is 13.9. The largest absolute Gasteiger partial charge is 0.383 e. The van der Waals surface area contributed by atoms with Crippen LogP contribution in [0.1, 0.15) is 34.6 Å². The molecule has 5 N–H and O–H groups in total. The summed E-state index contributed by atoms with van der Waals surface area (Å²) in [5.41, 5.74) is 8.69. The number of nitrogen functional groups attached to an aromatic ring is 1. The molecule has 0 atom stereocenters. The van der Waals surface area contributed by atoms with E-state index in [9.17, 15) is 18.4 Å². The van der Waals surface area contributed by atoms with Crippen LogP contribution in [0.3, 0.4) is 0 Å². The number of fused-ring (bicyclic) bond motifs is 1. The average Bonchev–Trinajstić information content (AvgIpc) is 3.46. The molecule has 3 heterocycles. The van der Waals surface area contributed by atoms with E-state index >= 15 is 0 Å². The molecule has 9 nitrogen and oxygen atoms in total. The first-order chi connectivity index (χ1) is 20.2. The summed E-state index contributed by atoms with van der Waals surface area (Å²) in [5, 5.41) is 9.44. The molecule has 3 aromatic heterocycles. The summed E-state index contributed by atoms with van der Waals surface area (Å²) in [7, 11) is 0. The third kappa shape index (κ3) is 6.50. The van der Waals surface area contributed by atoms with Crippen LogP contribution < -0.4 is 21.7 Å². The maximum absolute atomic E-state index is 13.6. The highest BCUT2D eigenvalue weighted by atomic mass is 32.1. The Morgan fingerprint density at radius 2 is 1.79 bits per heavy atom. The molecule has 0 fully saturated rings. The molecular weight excluding hydrogens is 560 g/mol. The number of carbonyl (C=O) groups is 2. The third-order valence-corrected chi connectivity index (χ3v) is 7.54. The van der Waals surface area contributed by atoms with E-state index in [0.29, 0.717) is 29.4 Å². The second kappa shape index (κ2) is 12.3. The Balaban J connectivity index is 1.34. The van der Waals surface area contributed by atoms with Gasteiger partial charge in [-0.2, -0.15) is 0 Å². The van der Waals surface area contributed by atoms with Crippen molar-refractivity contribution in [1.82, 2.24) is 20.3 Å². The Morgan fingerprint density at radius 3 is 2.57 bits per heavy atom. The molecule has 0 saturated heterocycles. The standard InChI is InChI=1S/C30H27F2N7O2S/c1-16(2)29(40)39-19-11-22(30(41)36-12-17-3-6-23(31)24(32)9-17)28(34-13-19)35-14-20-5-8-26(42-20)18-4-7-25-21(10-18)27(33)38-15-37-25/h3-11,13,15-16H,12,14H2,1-2H3,(H,34,35)(H,36,41)(H,39,40)(H2,33,37,38). The summed E-state index contributed by atoms with van der Waals surface area (Å²) in [4.78, 5) is 40.1. The number of hydrogen-bond donors (Lipinski definition) is 4. The van der Waals surface area contributed by atoms with Crippen molar-refractivity contribution in [2.24, 2.45) is 5.92 Å². The molecule has 214 valence electrons. The first kappa shape index (κ1) is 28.6. The number of pyridine rings is 1. The van der Waals surface area contributed by atoms with Gasteiger partial charge in [0.05, 0.1) is 29.5 Å². The van der Waals surface area contributed by atoms with Crippen LogP contribution in [0.2, 0.25) is 0 Å². The van der Waals surface area contributed by atoms with Gasteiger partial charge in [0.15, 0.2) is 11.6 Å². The minimum absolute atomic E-state index is 0.0341. The van der Waals surface area contributed by atoms with E-state index in [2.05, 4.69) is 30.9 Å². The van der Waals surface area contributed by atoms with Crippen molar-refractivity contribution in [2.45, 2.75) is 26.9 Å². The van der Waals surface area contributed by atoms with E-state index in [1.54, 1.807) is 25.2 Å². The van der Waals surface area contributed by atoms with Gasteiger partial charge < -0.3 is 21.7 Å².